The van der Waals surface area contributed by atoms with E-state index in [1.807, 2.05) is 23.2 Å². The second-order valence-electron chi connectivity index (χ2n) is 5.35. The maximum absolute atomic E-state index is 12.7. The van der Waals surface area contributed by atoms with Crippen LogP contribution in [0, 0.1) is 0 Å². The van der Waals surface area contributed by atoms with E-state index in [0.29, 0.717) is 23.7 Å². The van der Waals surface area contributed by atoms with E-state index in [1.54, 1.807) is 18.3 Å². The maximum atomic E-state index is 12.7. The van der Waals surface area contributed by atoms with Crippen molar-refractivity contribution in [2.45, 2.75) is 13.0 Å². The molecule has 6 heteroatoms. The molecule has 1 amide bonds. The predicted octanol–water partition coefficient (Wildman–Crippen LogP) is 2.58. The van der Waals surface area contributed by atoms with Crippen LogP contribution in [0.2, 0.25) is 5.02 Å². The second-order valence-corrected chi connectivity index (χ2v) is 5.76. The summed E-state index contributed by atoms with van der Waals surface area (Å²) in [5.41, 5.74) is 0.562. The standard InChI is InChI=1S/C16H19ClN4O/c1-2-20-9-10-21(11-14(20)15-18-7-8-19-15)16(22)12-5-3-4-6-13(12)17/h3-8,14H,2,9-11H2,1H3,(H,18,19)/t14-/m1/s1. The molecule has 0 unspecified atom stereocenters. The van der Waals surface area contributed by atoms with Crippen LogP contribution >= 0.6 is 11.6 Å². The molecule has 1 aliphatic rings. The van der Waals surface area contributed by atoms with Gasteiger partial charge in [-0.3, -0.25) is 9.69 Å². The van der Waals surface area contributed by atoms with Crippen LogP contribution < -0.4 is 0 Å². The number of likely N-dealkylation sites (N-methyl/N-ethyl adjacent to an activating group) is 1. The molecule has 1 N–H and O–H groups in total. The van der Waals surface area contributed by atoms with Crippen molar-refractivity contribution in [2.75, 3.05) is 26.2 Å². The number of nitrogens with one attached hydrogen (secondary N) is 1. The number of carbonyl (C=O) groups is 1. The number of carbonyl (C=O) groups excluding carboxylic acids is 1. The zero-order valence-corrected chi connectivity index (χ0v) is 13.3. The second kappa shape index (κ2) is 6.50. The van der Waals surface area contributed by atoms with Crippen molar-refractivity contribution in [2.24, 2.45) is 0 Å². The Bertz CT molecular complexity index is 643. The van der Waals surface area contributed by atoms with E-state index in [2.05, 4.69) is 21.8 Å². The minimum atomic E-state index is -0.0158. The molecule has 0 bridgehead atoms. The van der Waals surface area contributed by atoms with Crippen LogP contribution in [0.5, 0.6) is 0 Å². The van der Waals surface area contributed by atoms with E-state index in [0.717, 1.165) is 18.9 Å². The predicted molar refractivity (Wildman–Crippen MR) is 85.9 cm³/mol. The normalized spacial score (nSPS) is 19.4. The molecule has 1 saturated heterocycles. The van der Waals surface area contributed by atoms with Gasteiger partial charge < -0.3 is 9.88 Å². The highest BCUT2D eigenvalue weighted by atomic mass is 35.5. The molecule has 2 aromatic rings. The molecule has 1 aromatic carbocycles. The molecule has 2 heterocycles. The van der Waals surface area contributed by atoms with Gasteiger partial charge in [-0.1, -0.05) is 30.7 Å². The van der Waals surface area contributed by atoms with E-state index in [9.17, 15) is 4.79 Å². The van der Waals surface area contributed by atoms with Crippen molar-refractivity contribution in [3.63, 3.8) is 0 Å². The van der Waals surface area contributed by atoms with Gasteiger partial charge in [0.15, 0.2) is 0 Å². The van der Waals surface area contributed by atoms with Gasteiger partial charge in [0.05, 0.1) is 16.6 Å². The van der Waals surface area contributed by atoms with E-state index in [1.165, 1.54) is 0 Å². The Labute approximate surface area is 134 Å². The lowest BCUT2D eigenvalue weighted by Crippen LogP contribution is -2.50. The zero-order chi connectivity index (χ0) is 15.5. The molecule has 22 heavy (non-hydrogen) atoms. The van der Waals surface area contributed by atoms with Gasteiger partial charge in [0.1, 0.15) is 5.82 Å². The molecule has 5 nitrogen and oxygen atoms in total. The average Bonchev–Trinajstić information content (AvgIpc) is 3.08. The fraction of sp³-hybridized carbons (Fsp3) is 0.375. The summed E-state index contributed by atoms with van der Waals surface area (Å²) in [5, 5.41) is 0.500. The fourth-order valence-electron chi connectivity index (χ4n) is 2.91. The lowest BCUT2D eigenvalue weighted by Gasteiger charge is -2.40. The molecule has 0 spiro atoms. The Morgan fingerprint density at radius 3 is 2.91 bits per heavy atom. The number of hydrogen-bond acceptors (Lipinski definition) is 3. The number of halogens is 1. The molecular formula is C16H19ClN4O. The Morgan fingerprint density at radius 2 is 2.23 bits per heavy atom. The van der Waals surface area contributed by atoms with Crippen LogP contribution in [-0.4, -0.2) is 51.9 Å². The zero-order valence-electron chi connectivity index (χ0n) is 12.5. The molecule has 1 atom stereocenters. The van der Waals surface area contributed by atoms with Crippen molar-refractivity contribution >= 4 is 17.5 Å². The van der Waals surface area contributed by atoms with Crippen LogP contribution in [0.4, 0.5) is 0 Å². The molecule has 0 saturated carbocycles. The summed E-state index contributed by atoms with van der Waals surface area (Å²) in [6.45, 7) is 5.21. The van der Waals surface area contributed by atoms with Gasteiger partial charge in [-0.2, -0.15) is 0 Å². The van der Waals surface area contributed by atoms with Gasteiger partial charge in [-0.15, -0.1) is 0 Å². The van der Waals surface area contributed by atoms with Crippen LogP contribution in [-0.2, 0) is 0 Å². The lowest BCUT2D eigenvalue weighted by molar-refractivity contribution is 0.0480. The number of hydrogen-bond donors (Lipinski definition) is 1. The summed E-state index contributed by atoms with van der Waals surface area (Å²) >= 11 is 6.15. The minimum Gasteiger partial charge on any atom is -0.347 e. The number of H-pyrrole nitrogens is 1. The lowest BCUT2D eigenvalue weighted by atomic mass is 10.1. The van der Waals surface area contributed by atoms with Crippen molar-refractivity contribution < 1.29 is 4.79 Å². The summed E-state index contributed by atoms with van der Waals surface area (Å²) in [7, 11) is 0. The van der Waals surface area contributed by atoms with Crippen LogP contribution in [0.3, 0.4) is 0 Å². The Morgan fingerprint density at radius 1 is 1.41 bits per heavy atom. The Balaban J connectivity index is 1.81. The first-order chi connectivity index (χ1) is 10.7. The molecule has 1 aromatic heterocycles. The monoisotopic (exact) mass is 318 g/mol. The summed E-state index contributed by atoms with van der Waals surface area (Å²) in [4.78, 5) is 24.4. The molecular weight excluding hydrogens is 300 g/mol. The number of amides is 1. The third-order valence-corrected chi connectivity index (χ3v) is 4.45. The molecule has 116 valence electrons. The number of piperazine rings is 1. The Hall–Kier alpha value is -1.85. The average molecular weight is 319 g/mol. The van der Waals surface area contributed by atoms with E-state index < -0.39 is 0 Å². The Kier molecular flexibility index (Phi) is 4.45. The van der Waals surface area contributed by atoms with Crippen LogP contribution in [0.1, 0.15) is 29.1 Å². The fourth-order valence-corrected chi connectivity index (χ4v) is 3.12. The van der Waals surface area contributed by atoms with Gasteiger partial charge >= 0.3 is 0 Å². The highest BCUT2D eigenvalue weighted by Gasteiger charge is 2.32. The number of imidazole rings is 1. The van der Waals surface area contributed by atoms with Gasteiger partial charge in [-0.25, -0.2) is 4.98 Å². The first-order valence-corrected chi connectivity index (χ1v) is 7.85. The summed E-state index contributed by atoms with van der Waals surface area (Å²) in [5.74, 6) is 0.886. The number of rotatable bonds is 3. The van der Waals surface area contributed by atoms with Crippen molar-refractivity contribution in [1.82, 2.24) is 19.8 Å². The largest absolute Gasteiger partial charge is 0.347 e. The molecule has 1 aliphatic heterocycles. The van der Waals surface area contributed by atoms with E-state index >= 15 is 0 Å². The molecule has 1 fully saturated rings. The van der Waals surface area contributed by atoms with Crippen molar-refractivity contribution in [1.29, 1.82) is 0 Å². The quantitative estimate of drug-likeness (QED) is 0.946. The third kappa shape index (κ3) is 2.87. The minimum absolute atomic E-state index is 0.0158. The van der Waals surface area contributed by atoms with Gasteiger partial charge in [-0.05, 0) is 18.7 Å². The van der Waals surface area contributed by atoms with Crippen LogP contribution in [0.25, 0.3) is 0 Å². The number of aromatic nitrogens is 2. The number of aromatic amines is 1. The first-order valence-electron chi connectivity index (χ1n) is 7.48. The number of benzene rings is 1. The number of nitrogens with zero attached hydrogens (tertiary/aromatic N) is 3. The first kappa shape index (κ1) is 15.1. The highest BCUT2D eigenvalue weighted by molar-refractivity contribution is 6.33. The molecule has 0 aliphatic carbocycles. The van der Waals surface area contributed by atoms with Gasteiger partial charge in [0.2, 0.25) is 0 Å². The van der Waals surface area contributed by atoms with E-state index in [4.69, 9.17) is 11.6 Å². The summed E-state index contributed by atoms with van der Waals surface area (Å²) < 4.78 is 0. The highest BCUT2D eigenvalue weighted by Crippen LogP contribution is 2.25. The van der Waals surface area contributed by atoms with Crippen molar-refractivity contribution in [3.05, 3.63) is 53.1 Å². The van der Waals surface area contributed by atoms with Crippen molar-refractivity contribution in [3.8, 4) is 0 Å². The summed E-state index contributed by atoms with van der Waals surface area (Å²) in [6.07, 6.45) is 3.57. The topological polar surface area (TPSA) is 52.2 Å². The molecule has 3 rings (SSSR count). The third-order valence-electron chi connectivity index (χ3n) is 4.12. The van der Waals surface area contributed by atoms with E-state index in [-0.39, 0.29) is 11.9 Å². The maximum Gasteiger partial charge on any atom is 0.255 e. The molecule has 0 radical (unpaired) electrons. The smallest absolute Gasteiger partial charge is 0.255 e. The van der Waals surface area contributed by atoms with Crippen LogP contribution in [0.15, 0.2) is 36.7 Å². The summed E-state index contributed by atoms with van der Waals surface area (Å²) in [6, 6.07) is 7.30. The SMILES string of the molecule is CCN1CCN(C(=O)c2ccccc2Cl)C[C@@H]1c1ncc[nH]1. The van der Waals surface area contributed by atoms with Gasteiger partial charge in [0, 0.05) is 32.0 Å². The van der Waals surface area contributed by atoms with Gasteiger partial charge in [0.25, 0.3) is 5.91 Å².